The van der Waals surface area contributed by atoms with Crippen LogP contribution in [0.3, 0.4) is 0 Å². The summed E-state index contributed by atoms with van der Waals surface area (Å²) in [5.41, 5.74) is 0. The zero-order chi connectivity index (χ0) is 10.8. The number of hydrogen-bond acceptors (Lipinski definition) is 5. The smallest absolute Gasteiger partial charge is 0.394 e. The second-order valence-corrected chi connectivity index (χ2v) is 3.62. The van der Waals surface area contributed by atoms with Crippen molar-refractivity contribution in [2.45, 2.75) is 19.1 Å². The van der Waals surface area contributed by atoms with Crippen LogP contribution in [0.25, 0.3) is 0 Å². The summed E-state index contributed by atoms with van der Waals surface area (Å²) in [6.07, 6.45) is -4.46. The second-order valence-electron chi connectivity index (χ2n) is 2.64. The van der Waals surface area contributed by atoms with E-state index < -0.39 is 11.2 Å². The number of alkyl halides is 3. The summed E-state index contributed by atoms with van der Waals surface area (Å²) in [6, 6.07) is -0.343. The zero-order valence-electron chi connectivity index (χ0n) is 7.17. The van der Waals surface area contributed by atoms with Crippen molar-refractivity contribution in [1.82, 2.24) is 10.2 Å². The van der Waals surface area contributed by atoms with Crippen molar-refractivity contribution in [3.8, 4) is 0 Å². The number of anilines is 1. The summed E-state index contributed by atoms with van der Waals surface area (Å²) in [5, 5.41) is 16.5. The summed E-state index contributed by atoms with van der Waals surface area (Å²) < 4.78 is 36.2. The Hall–Kier alpha value is -0.890. The zero-order valence-corrected chi connectivity index (χ0v) is 7.98. The van der Waals surface area contributed by atoms with Crippen LogP contribution in [0, 0.1) is 0 Å². The fourth-order valence-corrected chi connectivity index (χ4v) is 1.37. The summed E-state index contributed by atoms with van der Waals surface area (Å²) in [6.45, 7) is 1.44. The van der Waals surface area contributed by atoms with E-state index in [0.717, 1.165) is 0 Å². The predicted octanol–water partition coefficient (Wildman–Crippen LogP) is 1.35. The van der Waals surface area contributed by atoms with Gasteiger partial charge in [-0.1, -0.05) is 11.3 Å². The second kappa shape index (κ2) is 4.09. The quantitative estimate of drug-likeness (QED) is 0.818. The number of aliphatic hydroxyl groups excluding tert-OH is 1. The molecule has 8 heteroatoms. The standard InChI is InChI=1S/C6H8F3N3OS/c1-3(2-13)10-5-12-11-4(14-5)6(7,8)9/h3,13H,2H2,1H3,(H,10,12)/t3-/m0/s1. The summed E-state index contributed by atoms with van der Waals surface area (Å²) in [4.78, 5) is 0. The highest BCUT2D eigenvalue weighted by atomic mass is 32.1. The first-order valence-corrected chi connectivity index (χ1v) is 4.53. The molecular weight excluding hydrogens is 219 g/mol. The third-order valence-electron chi connectivity index (χ3n) is 1.31. The minimum Gasteiger partial charge on any atom is -0.394 e. The molecule has 1 aromatic heterocycles. The number of rotatable bonds is 3. The molecule has 0 aliphatic heterocycles. The van der Waals surface area contributed by atoms with Crippen LogP contribution in [0.15, 0.2) is 0 Å². The summed E-state index contributed by atoms with van der Waals surface area (Å²) in [7, 11) is 0. The maximum absolute atomic E-state index is 12.1. The first-order chi connectivity index (χ1) is 6.43. The van der Waals surface area contributed by atoms with Crippen LogP contribution in [-0.4, -0.2) is 28.0 Å². The molecule has 0 aromatic carbocycles. The lowest BCUT2D eigenvalue weighted by molar-refractivity contribution is -0.138. The van der Waals surface area contributed by atoms with E-state index in [-0.39, 0.29) is 17.8 Å². The van der Waals surface area contributed by atoms with Gasteiger partial charge in [0, 0.05) is 6.04 Å². The lowest BCUT2D eigenvalue weighted by Gasteiger charge is -2.07. The Morgan fingerprint density at radius 1 is 1.50 bits per heavy atom. The SMILES string of the molecule is C[C@@H](CO)Nc1nnc(C(F)(F)F)s1. The van der Waals surface area contributed by atoms with Gasteiger partial charge in [0.25, 0.3) is 0 Å². The molecule has 2 N–H and O–H groups in total. The fourth-order valence-electron chi connectivity index (χ4n) is 0.653. The molecule has 0 radical (unpaired) electrons. The van der Waals surface area contributed by atoms with E-state index in [1.54, 1.807) is 6.92 Å². The average molecular weight is 227 g/mol. The van der Waals surface area contributed by atoms with Crippen molar-refractivity contribution in [3.05, 3.63) is 5.01 Å². The molecule has 0 spiro atoms. The first-order valence-electron chi connectivity index (χ1n) is 3.71. The lowest BCUT2D eigenvalue weighted by atomic mass is 10.4. The molecule has 1 aromatic rings. The van der Waals surface area contributed by atoms with Gasteiger partial charge in [-0.05, 0) is 6.92 Å². The number of aromatic nitrogens is 2. The van der Waals surface area contributed by atoms with Crippen molar-refractivity contribution in [2.24, 2.45) is 0 Å². The fraction of sp³-hybridized carbons (Fsp3) is 0.667. The molecule has 0 bridgehead atoms. The summed E-state index contributed by atoms with van der Waals surface area (Å²) >= 11 is 0.414. The van der Waals surface area contributed by atoms with E-state index in [2.05, 4.69) is 15.5 Å². The normalized spacial score (nSPS) is 14.1. The lowest BCUT2D eigenvalue weighted by Crippen LogP contribution is -2.18. The Balaban J connectivity index is 2.69. The van der Waals surface area contributed by atoms with Crippen molar-refractivity contribution in [1.29, 1.82) is 0 Å². The van der Waals surface area contributed by atoms with Crippen LogP contribution < -0.4 is 5.32 Å². The molecule has 0 saturated carbocycles. The molecule has 0 aliphatic carbocycles. The predicted molar refractivity (Wildman–Crippen MR) is 45.1 cm³/mol. The maximum Gasteiger partial charge on any atom is 0.445 e. The van der Waals surface area contributed by atoms with Crippen LogP contribution in [-0.2, 0) is 6.18 Å². The molecule has 0 saturated heterocycles. The molecule has 0 unspecified atom stereocenters. The van der Waals surface area contributed by atoms with E-state index in [0.29, 0.717) is 11.3 Å². The number of nitrogens with zero attached hydrogens (tertiary/aromatic N) is 2. The third kappa shape index (κ3) is 2.81. The van der Waals surface area contributed by atoms with Gasteiger partial charge in [0.15, 0.2) is 0 Å². The highest BCUT2D eigenvalue weighted by Gasteiger charge is 2.35. The number of aliphatic hydroxyl groups is 1. The van der Waals surface area contributed by atoms with Crippen LogP contribution in [0.5, 0.6) is 0 Å². The Bertz CT molecular complexity index is 301. The van der Waals surface area contributed by atoms with Crippen molar-refractivity contribution in [3.63, 3.8) is 0 Å². The first kappa shape index (κ1) is 11.2. The highest BCUT2D eigenvalue weighted by molar-refractivity contribution is 7.15. The Labute approximate surface area is 81.8 Å². The van der Waals surface area contributed by atoms with Gasteiger partial charge in [-0.2, -0.15) is 13.2 Å². The summed E-state index contributed by atoms with van der Waals surface area (Å²) in [5.74, 6) is 0. The van der Waals surface area contributed by atoms with Gasteiger partial charge in [0.1, 0.15) is 0 Å². The van der Waals surface area contributed by atoms with Gasteiger partial charge in [-0.25, -0.2) is 0 Å². The Morgan fingerprint density at radius 2 is 2.14 bits per heavy atom. The number of halogens is 3. The van der Waals surface area contributed by atoms with Gasteiger partial charge in [-0.3, -0.25) is 0 Å². The van der Waals surface area contributed by atoms with E-state index in [9.17, 15) is 13.2 Å². The van der Waals surface area contributed by atoms with Crippen molar-refractivity contribution >= 4 is 16.5 Å². The molecule has 0 aliphatic rings. The van der Waals surface area contributed by atoms with Crippen LogP contribution in [0.1, 0.15) is 11.9 Å². The van der Waals surface area contributed by atoms with Gasteiger partial charge >= 0.3 is 6.18 Å². The maximum atomic E-state index is 12.1. The molecule has 0 amide bonds. The van der Waals surface area contributed by atoms with E-state index in [4.69, 9.17) is 5.11 Å². The largest absolute Gasteiger partial charge is 0.445 e. The van der Waals surface area contributed by atoms with E-state index in [1.165, 1.54) is 0 Å². The van der Waals surface area contributed by atoms with Crippen molar-refractivity contribution < 1.29 is 18.3 Å². The van der Waals surface area contributed by atoms with E-state index in [1.807, 2.05) is 0 Å². The molecule has 80 valence electrons. The highest BCUT2D eigenvalue weighted by Crippen LogP contribution is 2.33. The van der Waals surface area contributed by atoms with Gasteiger partial charge in [0.2, 0.25) is 10.1 Å². The molecule has 4 nitrogen and oxygen atoms in total. The van der Waals surface area contributed by atoms with Crippen LogP contribution in [0.2, 0.25) is 0 Å². The number of nitrogens with one attached hydrogen (secondary N) is 1. The monoisotopic (exact) mass is 227 g/mol. The van der Waals surface area contributed by atoms with Crippen molar-refractivity contribution in [2.75, 3.05) is 11.9 Å². The average Bonchev–Trinajstić information content (AvgIpc) is 2.51. The molecular formula is C6H8F3N3OS. The molecule has 1 heterocycles. The topological polar surface area (TPSA) is 58.0 Å². The van der Waals surface area contributed by atoms with Gasteiger partial charge in [0.05, 0.1) is 6.61 Å². The number of hydrogen-bond donors (Lipinski definition) is 2. The molecule has 1 atom stereocenters. The van der Waals surface area contributed by atoms with Crippen LogP contribution in [0.4, 0.5) is 18.3 Å². The van der Waals surface area contributed by atoms with Gasteiger partial charge < -0.3 is 10.4 Å². The molecule has 14 heavy (non-hydrogen) atoms. The van der Waals surface area contributed by atoms with Gasteiger partial charge in [-0.15, -0.1) is 10.2 Å². The van der Waals surface area contributed by atoms with Crippen LogP contribution >= 0.6 is 11.3 Å². The molecule has 1 rings (SSSR count). The third-order valence-corrected chi connectivity index (χ3v) is 2.21. The minimum absolute atomic E-state index is 0.0545. The minimum atomic E-state index is -4.46. The van der Waals surface area contributed by atoms with E-state index >= 15 is 0 Å². The Morgan fingerprint density at radius 3 is 2.57 bits per heavy atom. The Kier molecular flexibility index (Phi) is 3.27. The molecule has 0 fully saturated rings.